The van der Waals surface area contributed by atoms with Crippen LogP contribution < -0.4 is 15.0 Å². The van der Waals surface area contributed by atoms with Crippen molar-refractivity contribution in [3.05, 3.63) is 18.2 Å². The van der Waals surface area contributed by atoms with Gasteiger partial charge in [-0.3, -0.25) is 4.79 Å². The van der Waals surface area contributed by atoms with Crippen molar-refractivity contribution < 1.29 is 14.6 Å². The number of benzene rings is 1. The van der Waals surface area contributed by atoms with E-state index in [4.69, 9.17) is 4.74 Å². The molecule has 108 valence electrons. The predicted molar refractivity (Wildman–Crippen MR) is 75.9 cm³/mol. The Kier molecular flexibility index (Phi) is 3.42. The average Bonchev–Trinajstić information content (AvgIpc) is 2.63. The van der Waals surface area contributed by atoms with Gasteiger partial charge in [0.15, 0.2) is 6.23 Å². The molecule has 0 saturated heterocycles. The van der Waals surface area contributed by atoms with Gasteiger partial charge < -0.3 is 20.1 Å². The van der Waals surface area contributed by atoms with E-state index in [0.717, 1.165) is 24.9 Å². The van der Waals surface area contributed by atoms with Crippen LogP contribution in [0.3, 0.4) is 0 Å². The summed E-state index contributed by atoms with van der Waals surface area (Å²) in [6.07, 6.45) is 3.86. The summed E-state index contributed by atoms with van der Waals surface area (Å²) < 4.78 is 5.80. The maximum Gasteiger partial charge on any atom is 0.223 e. The molecule has 20 heavy (non-hydrogen) atoms. The second-order valence-corrected chi connectivity index (χ2v) is 5.54. The SMILES string of the molecule is CN1c2ccc(O)cc2OC1CCNC(=O)C1CCC1. The molecule has 1 atom stereocenters. The van der Waals surface area contributed by atoms with E-state index in [1.165, 1.54) is 6.42 Å². The number of nitrogens with one attached hydrogen (secondary N) is 1. The molecule has 1 aliphatic carbocycles. The zero-order valence-electron chi connectivity index (χ0n) is 11.6. The number of amides is 1. The molecule has 1 amide bonds. The van der Waals surface area contributed by atoms with Crippen LogP contribution in [0.15, 0.2) is 18.2 Å². The summed E-state index contributed by atoms with van der Waals surface area (Å²) in [6.45, 7) is 0.615. The first-order valence-electron chi connectivity index (χ1n) is 7.15. The molecule has 1 unspecified atom stereocenters. The van der Waals surface area contributed by atoms with Crippen LogP contribution in [0.5, 0.6) is 11.5 Å². The molecule has 5 heteroatoms. The summed E-state index contributed by atoms with van der Waals surface area (Å²) >= 11 is 0. The number of rotatable bonds is 4. The van der Waals surface area contributed by atoms with Gasteiger partial charge in [0.1, 0.15) is 11.5 Å². The maximum atomic E-state index is 11.7. The fourth-order valence-electron chi connectivity index (χ4n) is 2.66. The molecule has 1 aromatic rings. The smallest absolute Gasteiger partial charge is 0.223 e. The van der Waals surface area contributed by atoms with Gasteiger partial charge in [0.25, 0.3) is 0 Å². The molecule has 1 fully saturated rings. The number of carbonyl (C=O) groups excluding carboxylic acids is 1. The molecule has 1 aliphatic heterocycles. The van der Waals surface area contributed by atoms with Crippen LogP contribution in [-0.2, 0) is 4.79 Å². The molecule has 3 rings (SSSR count). The number of aromatic hydroxyl groups is 1. The van der Waals surface area contributed by atoms with Crippen LogP contribution in [0.25, 0.3) is 0 Å². The van der Waals surface area contributed by atoms with Gasteiger partial charge >= 0.3 is 0 Å². The van der Waals surface area contributed by atoms with Gasteiger partial charge in [-0.2, -0.15) is 0 Å². The average molecular weight is 276 g/mol. The lowest BCUT2D eigenvalue weighted by molar-refractivity contribution is -0.127. The minimum absolute atomic E-state index is 0.0894. The highest BCUT2D eigenvalue weighted by atomic mass is 16.5. The van der Waals surface area contributed by atoms with Gasteiger partial charge in [0.05, 0.1) is 5.69 Å². The van der Waals surface area contributed by atoms with Crippen LogP contribution in [0, 0.1) is 5.92 Å². The van der Waals surface area contributed by atoms with Crippen molar-refractivity contribution in [2.75, 3.05) is 18.5 Å². The molecule has 0 aromatic heterocycles. The Labute approximate surface area is 118 Å². The molecule has 0 radical (unpaired) electrons. The molecule has 1 saturated carbocycles. The molecule has 2 N–H and O–H groups in total. The summed E-state index contributed by atoms with van der Waals surface area (Å²) in [7, 11) is 1.96. The number of carbonyl (C=O) groups is 1. The van der Waals surface area contributed by atoms with Gasteiger partial charge in [-0.1, -0.05) is 6.42 Å². The van der Waals surface area contributed by atoms with Crippen molar-refractivity contribution in [2.45, 2.75) is 31.9 Å². The fourth-order valence-corrected chi connectivity index (χ4v) is 2.66. The van der Waals surface area contributed by atoms with Gasteiger partial charge in [0, 0.05) is 32.0 Å². The van der Waals surface area contributed by atoms with E-state index in [0.29, 0.717) is 12.3 Å². The van der Waals surface area contributed by atoms with Crippen LogP contribution in [-0.4, -0.2) is 30.8 Å². The lowest BCUT2D eigenvalue weighted by Crippen LogP contribution is -2.39. The predicted octanol–water partition coefficient (Wildman–Crippen LogP) is 1.85. The molecule has 0 spiro atoms. The number of nitrogens with zero attached hydrogens (tertiary/aromatic N) is 1. The first-order chi connectivity index (χ1) is 9.65. The van der Waals surface area contributed by atoms with E-state index in [-0.39, 0.29) is 23.8 Å². The summed E-state index contributed by atoms with van der Waals surface area (Å²) in [5.41, 5.74) is 0.970. The Hall–Kier alpha value is -1.91. The van der Waals surface area contributed by atoms with E-state index < -0.39 is 0 Å². The van der Waals surface area contributed by atoms with Crippen LogP contribution in [0.2, 0.25) is 0 Å². The first-order valence-corrected chi connectivity index (χ1v) is 7.15. The normalized spacial score (nSPS) is 21.1. The van der Waals surface area contributed by atoms with Gasteiger partial charge in [-0.05, 0) is 25.0 Å². The number of fused-ring (bicyclic) bond motifs is 1. The Morgan fingerprint density at radius 3 is 3.00 bits per heavy atom. The van der Waals surface area contributed by atoms with Gasteiger partial charge in [-0.25, -0.2) is 0 Å². The Balaban J connectivity index is 1.51. The zero-order chi connectivity index (χ0) is 14.1. The number of anilines is 1. The summed E-state index contributed by atoms with van der Waals surface area (Å²) in [4.78, 5) is 13.8. The summed E-state index contributed by atoms with van der Waals surface area (Å²) in [5.74, 6) is 1.30. The van der Waals surface area contributed by atoms with E-state index in [2.05, 4.69) is 5.32 Å². The van der Waals surface area contributed by atoms with Gasteiger partial charge in [-0.15, -0.1) is 0 Å². The van der Waals surface area contributed by atoms with Crippen molar-refractivity contribution in [3.8, 4) is 11.5 Å². The third-order valence-electron chi connectivity index (χ3n) is 4.18. The Morgan fingerprint density at radius 2 is 2.30 bits per heavy atom. The molecule has 5 nitrogen and oxygen atoms in total. The highest BCUT2D eigenvalue weighted by molar-refractivity contribution is 5.79. The van der Waals surface area contributed by atoms with Crippen molar-refractivity contribution in [1.29, 1.82) is 0 Å². The third-order valence-corrected chi connectivity index (χ3v) is 4.18. The van der Waals surface area contributed by atoms with E-state index in [1.54, 1.807) is 12.1 Å². The van der Waals surface area contributed by atoms with Crippen LogP contribution in [0.1, 0.15) is 25.7 Å². The third kappa shape index (κ3) is 2.40. The van der Waals surface area contributed by atoms with E-state index >= 15 is 0 Å². The Bertz CT molecular complexity index is 514. The minimum atomic E-state index is -0.0894. The number of ether oxygens (including phenoxy) is 1. The second-order valence-electron chi connectivity index (χ2n) is 5.54. The largest absolute Gasteiger partial charge is 0.508 e. The quantitative estimate of drug-likeness (QED) is 0.881. The second kappa shape index (κ2) is 5.23. The van der Waals surface area contributed by atoms with Crippen molar-refractivity contribution in [1.82, 2.24) is 5.32 Å². The van der Waals surface area contributed by atoms with E-state index in [1.807, 2.05) is 18.0 Å². The number of phenolic OH excluding ortho intramolecular Hbond substituents is 1. The minimum Gasteiger partial charge on any atom is -0.508 e. The number of hydrogen-bond acceptors (Lipinski definition) is 4. The van der Waals surface area contributed by atoms with Gasteiger partial charge in [0.2, 0.25) is 5.91 Å². The topological polar surface area (TPSA) is 61.8 Å². The Morgan fingerprint density at radius 1 is 1.50 bits per heavy atom. The number of hydrogen-bond donors (Lipinski definition) is 2. The zero-order valence-corrected chi connectivity index (χ0v) is 11.6. The molecule has 2 aliphatic rings. The molecule has 1 aromatic carbocycles. The highest BCUT2D eigenvalue weighted by Gasteiger charge is 2.29. The molecular weight excluding hydrogens is 256 g/mol. The van der Waals surface area contributed by atoms with E-state index in [9.17, 15) is 9.90 Å². The monoisotopic (exact) mass is 276 g/mol. The summed E-state index contributed by atoms with van der Waals surface area (Å²) in [6, 6.07) is 5.12. The van der Waals surface area contributed by atoms with Crippen molar-refractivity contribution >= 4 is 11.6 Å². The number of phenols is 1. The molecule has 0 bridgehead atoms. The van der Waals surface area contributed by atoms with Crippen molar-refractivity contribution in [2.24, 2.45) is 5.92 Å². The highest BCUT2D eigenvalue weighted by Crippen LogP contribution is 2.39. The first kappa shape index (κ1) is 13.1. The summed E-state index contributed by atoms with van der Waals surface area (Å²) in [5, 5.41) is 12.4. The molecular formula is C15H20N2O3. The molecule has 1 heterocycles. The standard InChI is InChI=1S/C15H20N2O3/c1-17-12-6-5-11(18)9-13(12)20-14(17)7-8-16-15(19)10-3-2-4-10/h5-6,9-10,14,18H,2-4,7-8H2,1H3,(H,16,19). The lowest BCUT2D eigenvalue weighted by atomic mass is 9.85. The van der Waals surface area contributed by atoms with Crippen LogP contribution >= 0.6 is 0 Å². The lowest BCUT2D eigenvalue weighted by Gasteiger charge is -2.25. The van der Waals surface area contributed by atoms with Crippen LogP contribution in [0.4, 0.5) is 5.69 Å². The van der Waals surface area contributed by atoms with Crippen molar-refractivity contribution in [3.63, 3.8) is 0 Å². The maximum absolute atomic E-state index is 11.7. The fraction of sp³-hybridized carbons (Fsp3) is 0.533.